The molecule has 0 aromatic heterocycles. The molecule has 0 bridgehead atoms. The Morgan fingerprint density at radius 1 is 1.14 bits per heavy atom. The van der Waals surface area contributed by atoms with Crippen molar-refractivity contribution in [3.05, 3.63) is 0 Å². The van der Waals surface area contributed by atoms with Crippen LogP contribution in [0.5, 0.6) is 0 Å². The summed E-state index contributed by atoms with van der Waals surface area (Å²) in [5, 5.41) is 9.53. The van der Waals surface area contributed by atoms with Gasteiger partial charge in [-0.25, -0.2) is 0 Å². The molecule has 2 heteroatoms. The van der Waals surface area contributed by atoms with Crippen LogP contribution >= 0.6 is 0 Å². The summed E-state index contributed by atoms with van der Waals surface area (Å²) in [6.45, 7) is 6.90. The van der Waals surface area contributed by atoms with E-state index in [1.165, 1.54) is 38.5 Å². The highest BCUT2D eigenvalue weighted by Gasteiger charge is 2.57. The highest BCUT2D eigenvalue weighted by Crippen LogP contribution is 2.63. The molecule has 7 atom stereocenters. The minimum absolute atomic E-state index is 0.274. The van der Waals surface area contributed by atoms with Crippen molar-refractivity contribution in [3.8, 4) is 0 Å². The van der Waals surface area contributed by atoms with Gasteiger partial charge >= 0.3 is 0 Å². The first-order valence-electron chi connectivity index (χ1n) is 9.64. The summed E-state index contributed by atoms with van der Waals surface area (Å²) < 4.78 is 0. The maximum atomic E-state index is 12.1. The largest absolute Gasteiger partial charge is 0.396 e. The van der Waals surface area contributed by atoms with Crippen LogP contribution in [0.4, 0.5) is 0 Å². The van der Waals surface area contributed by atoms with Crippen molar-refractivity contribution in [1.82, 2.24) is 0 Å². The van der Waals surface area contributed by atoms with Crippen LogP contribution in [0.3, 0.4) is 0 Å². The fraction of sp³-hybridized carbons (Fsp3) is 0.950. The van der Waals surface area contributed by atoms with Crippen molar-refractivity contribution >= 4 is 5.78 Å². The molecule has 22 heavy (non-hydrogen) atoms. The van der Waals surface area contributed by atoms with E-state index in [-0.39, 0.29) is 5.41 Å². The first kappa shape index (κ1) is 16.5. The van der Waals surface area contributed by atoms with E-state index in [1.807, 2.05) is 6.92 Å². The summed E-state index contributed by atoms with van der Waals surface area (Å²) in [7, 11) is 0. The Balaban J connectivity index is 1.83. The van der Waals surface area contributed by atoms with E-state index < -0.39 is 0 Å². The quantitative estimate of drug-likeness (QED) is 0.833. The number of aliphatic hydroxyl groups excluding tert-OH is 1. The Labute approximate surface area is 136 Å². The van der Waals surface area contributed by atoms with Gasteiger partial charge in [0.2, 0.25) is 0 Å². The van der Waals surface area contributed by atoms with Crippen molar-refractivity contribution in [2.75, 3.05) is 6.61 Å². The van der Waals surface area contributed by atoms with E-state index >= 15 is 0 Å². The molecule has 0 heterocycles. The summed E-state index contributed by atoms with van der Waals surface area (Å²) in [6.07, 6.45) is 9.91. The van der Waals surface area contributed by atoms with Crippen LogP contribution in [0.25, 0.3) is 0 Å². The number of fused-ring (bicyclic) bond motifs is 3. The average Bonchev–Trinajstić information content (AvgIpc) is 2.85. The van der Waals surface area contributed by atoms with Gasteiger partial charge in [-0.05, 0) is 86.9 Å². The molecule has 7 unspecified atom stereocenters. The van der Waals surface area contributed by atoms with Gasteiger partial charge in [-0.2, -0.15) is 0 Å². The number of carbonyl (C=O) groups excluding carboxylic acids is 1. The Hall–Kier alpha value is -0.370. The number of hydrogen-bond donors (Lipinski definition) is 1. The summed E-state index contributed by atoms with van der Waals surface area (Å²) in [5.41, 5.74) is 0.274. The Kier molecular flexibility index (Phi) is 4.69. The number of aliphatic hydroxyl groups is 1. The molecule has 0 aliphatic heterocycles. The molecule has 1 N–H and O–H groups in total. The van der Waals surface area contributed by atoms with Gasteiger partial charge in [0.1, 0.15) is 5.78 Å². The Morgan fingerprint density at radius 3 is 2.55 bits per heavy atom. The maximum absolute atomic E-state index is 12.1. The highest BCUT2D eigenvalue weighted by molar-refractivity contribution is 5.79. The van der Waals surface area contributed by atoms with Gasteiger partial charge in [-0.3, -0.25) is 4.79 Å². The van der Waals surface area contributed by atoms with Gasteiger partial charge in [0, 0.05) is 12.5 Å². The van der Waals surface area contributed by atoms with Crippen LogP contribution in [0, 0.1) is 40.9 Å². The van der Waals surface area contributed by atoms with Crippen molar-refractivity contribution in [2.45, 2.75) is 72.1 Å². The number of ketones is 1. The first-order chi connectivity index (χ1) is 10.5. The van der Waals surface area contributed by atoms with E-state index in [9.17, 15) is 9.90 Å². The Morgan fingerprint density at radius 2 is 1.91 bits per heavy atom. The minimum Gasteiger partial charge on any atom is -0.396 e. The number of Topliss-reactive ketones (excluding diaryl/α,β-unsaturated/α-hetero) is 1. The van der Waals surface area contributed by atoms with E-state index in [2.05, 4.69) is 13.8 Å². The fourth-order valence-corrected chi connectivity index (χ4v) is 7.01. The molecule has 3 aliphatic carbocycles. The molecule has 3 fully saturated rings. The second-order valence-corrected chi connectivity index (χ2v) is 8.64. The van der Waals surface area contributed by atoms with Crippen LogP contribution in [-0.2, 0) is 4.79 Å². The van der Waals surface area contributed by atoms with Gasteiger partial charge in [-0.15, -0.1) is 0 Å². The topological polar surface area (TPSA) is 37.3 Å². The van der Waals surface area contributed by atoms with E-state index in [1.54, 1.807) is 0 Å². The lowest BCUT2D eigenvalue weighted by Gasteiger charge is -2.54. The maximum Gasteiger partial charge on any atom is 0.133 e. The van der Waals surface area contributed by atoms with Gasteiger partial charge in [-0.1, -0.05) is 20.3 Å². The Bertz CT molecular complexity index is 418. The zero-order chi connectivity index (χ0) is 15.9. The van der Waals surface area contributed by atoms with Crippen LogP contribution in [0.1, 0.15) is 72.1 Å². The minimum atomic E-state index is 0.274. The lowest BCUT2D eigenvalue weighted by Crippen LogP contribution is -2.48. The molecule has 0 radical (unpaired) electrons. The average molecular weight is 306 g/mol. The monoisotopic (exact) mass is 306 g/mol. The second-order valence-electron chi connectivity index (χ2n) is 8.64. The smallest absolute Gasteiger partial charge is 0.133 e. The van der Waals surface area contributed by atoms with Crippen molar-refractivity contribution in [3.63, 3.8) is 0 Å². The lowest BCUT2D eigenvalue weighted by atomic mass is 9.50. The zero-order valence-electron chi connectivity index (χ0n) is 14.7. The van der Waals surface area contributed by atoms with Crippen LogP contribution in [-0.4, -0.2) is 17.5 Å². The summed E-state index contributed by atoms with van der Waals surface area (Å²) >= 11 is 0. The van der Waals surface area contributed by atoms with Crippen molar-refractivity contribution in [1.29, 1.82) is 0 Å². The summed E-state index contributed by atoms with van der Waals surface area (Å²) in [6, 6.07) is 0. The molecule has 3 saturated carbocycles. The van der Waals surface area contributed by atoms with Gasteiger partial charge < -0.3 is 5.11 Å². The predicted octanol–water partition coefficient (Wildman–Crippen LogP) is 4.45. The first-order valence-corrected chi connectivity index (χ1v) is 9.64. The standard InChI is InChI=1S/C20H34O2/c1-4-14-5-6-17-16(15(14)10-12-21)9-11-20(3)18(13(2)22)7-8-19(17)20/h14-19,21H,4-12H2,1-3H3. The molecular weight excluding hydrogens is 272 g/mol. The van der Waals surface area contributed by atoms with Crippen LogP contribution in [0.2, 0.25) is 0 Å². The molecule has 0 amide bonds. The lowest BCUT2D eigenvalue weighted by molar-refractivity contribution is -0.127. The number of carbonyl (C=O) groups is 1. The second kappa shape index (κ2) is 6.26. The molecule has 0 aromatic carbocycles. The summed E-state index contributed by atoms with van der Waals surface area (Å²) in [4.78, 5) is 12.1. The SMILES string of the molecule is CCC1CCC2C(CCC3(C)C(C(C)=O)CCC23)C1CCO. The van der Waals surface area contributed by atoms with E-state index in [0.29, 0.717) is 18.3 Å². The van der Waals surface area contributed by atoms with Gasteiger partial charge in [0.15, 0.2) is 0 Å². The summed E-state index contributed by atoms with van der Waals surface area (Å²) in [5.74, 6) is 4.70. The molecule has 3 rings (SSSR count). The third kappa shape index (κ3) is 2.46. The van der Waals surface area contributed by atoms with Gasteiger partial charge in [0.05, 0.1) is 0 Å². The zero-order valence-corrected chi connectivity index (χ0v) is 14.7. The molecular formula is C20H34O2. The third-order valence-corrected chi connectivity index (χ3v) is 8.00. The molecule has 0 spiro atoms. The number of hydrogen-bond acceptors (Lipinski definition) is 2. The fourth-order valence-electron chi connectivity index (χ4n) is 7.01. The van der Waals surface area contributed by atoms with Crippen LogP contribution < -0.4 is 0 Å². The van der Waals surface area contributed by atoms with Crippen LogP contribution in [0.15, 0.2) is 0 Å². The normalized spacial score (nSPS) is 47.8. The molecule has 2 nitrogen and oxygen atoms in total. The van der Waals surface area contributed by atoms with Crippen molar-refractivity contribution < 1.29 is 9.90 Å². The van der Waals surface area contributed by atoms with E-state index in [4.69, 9.17) is 0 Å². The highest BCUT2D eigenvalue weighted by atomic mass is 16.3. The van der Waals surface area contributed by atoms with Crippen molar-refractivity contribution in [2.24, 2.45) is 40.9 Å². The molecule has 126 valence electrons. The molecule has 3 aliphatic rings. The predicted molar refractivity (Wildman–Crippen MR) is 89.4 cm³/mol. The van der Waals surface area contributed by atoms with E-state index in [0.717, 1.165) is 42.4 Å². The molecule has 0 aromatic rings. The number of rotatable bonds is 4. The van der Waals surface area contributed by atoms with Gasteiger partial charge in [0.25, 0.3) is 0 Å². The third-order valence-electron chi connectivity index (χ3n) is 8.00. The molecule has 0 saturated heterocycles.